The number of nitrogens with zero attached hydrogens (tertiary/aromatic N) is 2. The Labute approximate surface area is 190 Å². The van der Waals surface area contributed by atoms with Crippen LogP contribution in [0, 0.1) is 0 Å². The van der Waals surface area contributed by atoms with Gasteiger partial charge in [-0.05, 0) is 25.5 Å². The normalized spacial score (nSPS) is 17.8. The molecule has 1 aromatic carbocycles. The number of rotatable bonds is 10. The number of ether oxygens (including phenoxy) is 2. The molecule has 0 unspecified atom stereocenters. The molecule has 0 saturated carbocycles. The van der Waals surface area contributed by atoms with Gasteiger partial charge in [-0.15, -0.1) is 0 Å². The van der Waals surface area contributed by atoms with E-state index in [1.165, 1.54) is 35.6 Å². The van der Waals surface area contributed by atoms with Crippen molar-refractivity contribution in [1.82, 2.24) is 4.98 Å². The molecule has 1 fully saturated rings. The number of thiazole rings is 1. The van der Waals surface area contributed by atoms with E-state index in [4.69, 9.17) is 14.3 Å². The summed E-state index contributed by atoms with van der Waals surface area (Å²) in [5.41, 5.74) is 0.268. The van der Waals surface area contributed by atoms with Crippen LogP contribution in [0.3, 0.4) is 0 Å². The Hall–Kier alpha value is -2.38. The lowest BCUT2D eigenvalue weighted by Crippen LogP contribution is -2.25. The molecule has 12 heteroatoms. The lowest BCUT2D eigenvalue weighted by molar-refractivity contribution is -0.110. The molecule has 1 aliphatic heterocycles. The maximum Gasteiger partial charge on any atom is 0.280 e. The molecule has 0 aliphatic carbocycles. The fourth-order valence-corrected chi connectivity index (χ4v) is 5.25. The first kappa shape index (κ1) is 24.3. The van der Waals surface area contributed by atoms with Gasteiger partial charge in [-0.25, -0.2) is 13.4 Å². The molecule has 0 spiro atoms. The highest BCUT2D eigenvalue weighted by molar-refractivity contribution is 7.92. The number of carbonyl (C=O) groups is 1. The zero-order chi connectivity index (χ0) is 23.1. The second-order valence-corrected chi connectivity index (χ2v) is 10.5. The summed E-state index contributed by atoms with van der Waals surface area (Å²) in [5, 5.41) is 15.5. The van der Waals surface area contributed by atoms with Crippen molar-refractivity contribution in [3.05, 3.63) is 40.9 Å². The summed E-state index contributed by atoms with van der Waals surface area (Å²) in [6, 6.07) is 5.85. The number of sulfone groups is 1. The van der Waals surface area contributed by atoms with Crippen LogP contribution in [0.15, 0.2) is 40.5 Å². The van der Waals surface area contributed by atoms with Gasteiger partial charge in [0.2, 0.25) is 0 Å². The molecule has 1 saturated heterocycles. The third kappa shape index (κ3) is 5.90. The molecule has 3 rings (SSSR count). The van der Waals surface area contributed by atoms with Crippen LogP contribution in [0.5, 0.6) is 0 Å². The summed E-state index contributed by atoms with van der Waals surface area (Å²) in [4.78, 5) is 23.2. The van der Waals surface area contributed by atoms with Crippen LogP contribution >= 0.6 is 11.3 Å². The van der Waals surface area contributed by atoms with Crippen LogP contribution < -0.4 is 5.32 Å². The van der Waals surface area contributed by atoms with Crippen molar-refractivity contribution >= 4 is 37.9 Å². The molecule has 2 N–H and O–H groups in total. The van der Waals surface area contributed by atoms with Gasteiger partial charge in [0.15, 0.2) is 20.7 Å². The van der Waals surface area contributed by atoms with Crippen LogP contribution in [0.4, 0.5) is 5.13 Å². The monoisotopic (exact) mass is 483 g/mol. The maximum atomic E-state index is 12.9. The summed E-state index contributed by atoms with van der Waals surface area (Å²) in [5.74, 6) is -0.590. The van der Waals surface area contributed by atoms with Gasteiger partial charge in [0, 0.05) is 25.5 Å². The van der Waals surface area contributed by atoms with Crippen molar-refractivity contribution in [2.75, 3.05) is 32.2 Å². The number of oxime groups is 1. The summed E-state index contributed by atoms with van der Waals surface area (Å²) >= 11 is 1.25. The molecule has 1 aromatic heterocycles. The van der Waals surface area contributed by atoms with Crippen molar-refractivity contribution < 1.29 is 32.6 Å². The lowest BCUT2D eigenvalue weighted by Gasteiger charge is -2.12. The van der Waals surface area contributed by atoms with Crippen molar-refractivity contribution in [1.29, 1.82) is 0 Å². The SMILES string of the molecule is COCc1cnc(NC(=O)C(=NO[C@H](C)CO)c2ccc(S(=O)(=O)[C@H]3CCOC3)cc2)s1. The van der Waals surface area contributed by atoms with Gasteiger partial charge in [-0.1, -0.05) is 28.6 Å². The van der Waals surface area contributed by atoms with Crippen molar-refractivity contribution in [2.24, 2.45) is 5.16 Å². The molecular formula is C20H25N3O7S2. The minimum Gasteiger partial charge on any atom is -0.392 e. The Bertz CT molecular complexity index is 1050. The van der Waals surface area contributed by atoms with E-state index in [2.05, 4.69) is 15.5 Å². The molecule has 0 radical (unpaired) electrons. The minimum atomic E-state index is -3.53. The van der Waals surface area contributed by atoms with Gasteiger partial charge in [-0.2, -0.15) is 0 Å². The molecule has 10 nitrogen and oxygen atoms in total. The van der Waals surface area contributed by atoms with E-state index in [1.54, 1.807) is 20.2 Å². The first-order valence-corrected chi connectivity index (χ1v) is 12.2. The number of amides is 1. The molecule has 2 atom stereocenters. The molecule has 1 aliphatic rings. The van der Waals surface area contributed by atoms with Crippen LogP contribution in [0.2, 0.25) is 0 Å². The highest BCUT2D eigenvalue weighted by atomic mass is 32.2. The number of methoxy groups -OCH3 is 1. The summed E-state index contributed by atoms with van der Waals surface area (Å²) in [7, 11) is -1.97. The summed E-state index contributed by atoms with van der Waals surface area (Å²) < 4.78 is 35.7. The van der Waals surface area contributed by atoms with Gasteiger partial charge < -0.3 is 19.4 Å². The predicted octanol–water partition coefficient (Wildman–Crippen LogP) is 1.59. The van der Waals surface area contributed by atoms with E-state index in [1.807, 2.05) is 0 Å². The highest BCUT2D eigenvalue weighted by Crippen LogP contribution is 2.23. The molecule has 32 heavy (non-hydrogen) atoms. The van der Waals surface area contributed by atoms with Crippen LogP contribution in [0.25, 0.3) is 0 Å². The molecule has 174 valence electrons. The summed E-state index contributed by atoms with van der Waals surface area (Å²) in [6.07, 6.45) is 1.41. The number of hydrogen-bond acceptors (Lipinski definition) is 10. The molecule has 2 aromatic rings. The zero-order valence-electron chi connectivity index (χ0n) is 17.7. The third-order valence-electron chi connectivity index (χ3n) is 4.64. The second kappa shape index (κ2) is 11.0. The van der Waals surface area contributed by atoms with E-state index in [0.717, 1.165) is 4.88 Å². The average Bonchev–Trinajstić information content (AvgIpc) is 3.47. The topological polar surface area (TPSA) is 136 Å². The van der Waals surface area contributed by atoms with E-state index < -0.39 is 27.1 Å². The largest absolute Gasteiger partial charge is 0.392 e. The first-order chi connectivity index (χ1) is 15.3. The Morgan fingerprint density at radius 3 is 2.78 bits per heavy atom. The van der Waals surface area contributed by atoms with E-state index in [9.17, 15) is 18.3 Å². The van der Waals surface area contributed by atoms with Crippen LogP contribution in [-0.4, -0.2) is 68.4 Å². The van der Waals surface area contributed by atoms with E-state index in [-0.39, 0.29) is 23.8 Å². The quantitative estimate of drug-likeness (QED) is 0.384. The van der Waals surface area contributed by atoms with Crippen molar-refractivity contribution in [3.8, 4) is 0 Å². The molecule has 0 bridgehead atoms. The Kier molecular flexibility index (Phi) is 8.32. The number of anilines is 1. The van der Waals surface area contributed by atoms with Crippen molar-refractivity contribution in [2.45, 2.75) is 36.2 Å². The fourth-order valence-electron chi connectivity index (χ4n) is 2.88. The highest BCUT2D eigenvalue weighted by Gasteiger charge is 2.31. The number of benzene rings is 1. The number of aromatic nitrogens is 1. The average molecular weight is 484 g/mol. The zero-order valence-corrected chi connectivity index (χ0v) is 19.3. The number of carbonyl (C=O) groups excluding carboxylic acids is 1. The van der Waals surface area contributed by atoms with E-state index >= 15 is 0 Å². The van der Waals surface area contributed by atoms with Gasteiger partial charge in [-0.3, -0.25) is 10.1 Å². The minimum absolute atomic E-state index is 0.0815. The Morgan fingerprint density at radius 2 is 2.16 bits per heavy atom. The maximum absolute atomic E-state index is 12.9. The van der Waals surface area contributed by atoms with Crippen LogP contribution in [-0.2, 0) is 35.5 Å². The van der Waals surface area contributed by atoms with Gasteiger partial charge >= 0.3 is 0 Å². The first-order valence-electron chi connectivity index (χ1n) is 9.87. The van der Waals surface area contributed by atoms with Gasteiger partial charge in [0.05, 0.1) is 34.8 Å². The number of hydrogen-bond donors (Lipinski definition) is 2. The molecular weight excluding hydrogens is 458 g/mol. The number of nitrogens with one attached hydrogen (secondary N) is 1. The van der Waals surface area contributed by atoms with Crippen LogP contribution in [0.1, 0.15) is 23.8 Å². The molecule has 2 heterocycles. The fraction of sp³-hybridized carbons (Fsp3) is 0.450. The van der Waals surface area contributed by atoms with Gasteiger partial charge in [0.1, 0.15) is 6.10 Å². The molecule has 1 amide bonds. The second-order valence-electron chi connectivity index (χ2n) is 7.11. The number of aliphatic hydroxyl groups excluding tert-OH is 1. The lowest BCUT2D eigenvalue weighted by atomic mass is 10.1. The smallest absolute Gasteiger partial charge is 0.280 e. The third-order valence-corrected chi connectivity index (χ3v) is 7.70. The van der Waals surface area contributed by atoms with Crippen molar-refractivity contribution in [3.63, 3.8) is 0 Å². The standard InChI is InChI=1S/C20H25N3O7S2/c1-13(10-24)30-23-18(19(25)22-20-21-9-15(31-20)11-28-2)14-3-5-16(6-4-14)32(26,27)17-7-8-29-12-17/h3-6,9,13,17,24H,7-8,10-12H2,1-2H3,(H,21,22,25)/t13-,17+/m1/s1. The van der Waals surface area contributed by atoms with E-state index in [0.29, 0.717) is 30.3 Å². The van der Waals surface area contributed by atoms with Gasteiger partial charge in [0.25, 0.3) is 5.91 Å². The Balaban J connectivity index is 1.83. The predicted molar refractivity (Wildman–Crippen MR) is 118 cm³/mol. The number of aliphatic hydroxyl groups is 1. The Morgan fingerprint density at radius 1 is 1.41 bits per heavy atom. The summed E-state index contributed by atoms with van der Waals surface area (Å²) in [6.45, 7) is 2.27.